The number of hydrogen-bond acceptors (Lipinski definition) is 7. The lowest BCUT2D eigenvalue weighted by Gasteiger charge is -1.92. The molecule has 0 aliphatic carbocycles. The fourth-order valence-corrected chi connectivity index (χ4v) is 2.80. The van der Waals surface area contributed by atoms with Gasteiger partial charge in [-0.05, 0) is 35.7 Å². The largest absolute Gasteiger partial charge is 0.339 e. The maximum atomic E-state index is 12.9. The van der Waals surface area contributed by atoms with Crippen LogP contribution in [0.2, 0.25) is 0 Å². The first kappa shape index (κ1) is 14.7. The van der Waals surface area contributed by atoms with Crippen LogP contribution in [-0.2, 0) is 12.8 Å². The van der Waals surface area contributed by atoms with Gasteiger partial charge in [0.15, 0.2) is 0 Å². The lowest BCUT2D eigenvalue weighted by molar-refractivity contribution is 0.354. The second-order valence-corrected chi connectivity index (χ2v) is 5.96. The molecule has 6 nitrogen and oxygen atoms in total. The van der Waals surface area contributed by atoms with E-state index in [0.29, 0.717) is 41.8 Å². The summed E-state index contributed by atoms with van der Waals surface area (Å²) in [6, 6.07) is 9.80. The van der Waals surface area contributed by atoms with Crippen LogP contribution in [0, 0.1) is 5.82 Å². The van der Waals surface area contributed by atoms with Crippen molar-refractivity contribution < 1.29 is 13.4 Å². The Morgan fingerprint density at radius 1 is 0.875 bits per heavy atom. The number of thiophene rings is 1. The van der Waals surface area contributed by atoms with Gasteiger partial charge in [0.25, 0.3) is 0 Å². The molecular weight excluding hydrogens is 331 g/mol. The Kier molecular flexibility index (Phi) is 3.87. The average molecular weight is 342 g/mol. The van der Waals surface area contributed by atoms with Gasteiger partial charge in [-0.1, -0.05) is 16.4 Å². The van der Waals surface area contributed by atoms with Crippen molar-refractivity contribution in [2.45, 2.75) is 12.8 Å². The van der Waals surface area contributed by atoms with Gasteiger partial charge in [0.1, 0.15) is 5.82 Å². The van der Waals surface area contributed by atoms with Gasteiger partial charge < -0.3 is 9.05 Å². The van der Waals surface area contributed by atoms with Crippen molar-refractivity contribution in [1.82, 2.24) is 20.3 Å². The fraction of sp³-hybridized carbons (Fsp3) is 0.125. The highest BCUT2D eigenvalue weighted by Crippen LogP contribution is 2.22. The van der Waals surface area contributed by atoms with Gasteiger partial charge in [-0.2, -0.15) is 9.97 Å². The molecule has 0 spiro atoms. The second kappa shape index (κ2) is 6.32. The molecule has 120 valence electrons. The molecule has 0 saturated carbocycles. The summed E-state index contributed by atoms with van der Waals surface area (Å²) in [6.45, 7) is 0. The Bertz CT molecular complexity index is 931. The number of benzene rings is 1. The first-order valence-corrected chi connectivity index (χ1v) is 8.11. The van der Waals surface area contributed by atoms with Gasteiger partial charge in [-0.25, -0.2) is 4.39 Å². The van der Waals surface area contributed by atoms with Crippen molar-refractivity contribution in [2.24, 2.45) is 0 Å². The van der Waals surface area contributed by atoms with Crippen LogP contribution in [0.15, 0.2) is 50.8 Å². The van der Waals surface area contributed by atoms with Crippen molar-refractivity contribution in [3.63, 3.8) is 0 Å². The quantitative estimate of drug-likeness (QED) is 0.549. The van der Waals surface area contributed by atoms with E-state index in [-0.39, 0.29) is 5.82 Å². The topological polar surface area (TPSA) is 77.8 Å². The monoisotopic (exact) mass is 342 g/mol. The number of aromatic nitrogens is 4. The van der Waals surface area contributed by atoms with Gasteiger partial charge in [0.05, 0.1) is 4.88 Å². The lowest BCUT2D eigenvalue weighted by Crippen LogP contribution is -1.92. The van der Waals surface area contributed by atoms with Crippen LogP contribution >= 0.6 is 11.3 Å². The lowest BCUT2D eigenvalue weighted by atomic mass is 10.2. The number of halogens is 1. The second-order valence-electron chi connectivity index (χ2n) is 5.01. The third-order valence-electron chi connectivity index (χ3n) is 3.33. The van der Waals surface area contributed by atoms with Crippen LogP contribution in [0.3, 0.4) is 0 Å². The van der Waals surface area contributed by atoms with Crippen molar-refractivity contribution >= 4 is 11.3 Å². The van der Waals surface area contributed by atoms with Gasteiger partial charge in [0, 0.05) is 18.4 Å². The van der Waals surface area contributed by atoms with E-state index < -0.39 is 0 Å². The molecule has 3 heterocycles. The molecule has 1 aromatic carbocycles. The van der Waals surface area contributed by atoms with E-state index in [1.54, 1.807) is 23.5 Å². The Morgan fingerprint density at radius 2 is 1.54 bits per heavy atom. The van der Waals surface area contributed by atoms with Gasteiger partial charge in [0.2, 0.25) is 23.4 Å². The van der Waals surface area contributed by atoms with E-state index in [1.807, 2.05) is 17.5 Å². The molecular formula is C16H11FN4O2S. The molecule has 8 heteroatoms. The first-order valence-electron chi connectivity index (χ1n) is 7.23. The zero-order valence-corrected chi connectivity index (χ0v) is 13.2. The van der Waals surface area contributed by atoms with Crippen LogP contribution in [-0.4, -0.2) is 20.3 Å². The zero-order chi connectivity index (χ0) is 16.4. The molecule has 0 aliphatic rings. The number of aryl methyl sites for hydroxylation is 2. The molecule has 0 unspecified atom stereocenters. The highest BCUT2D eigenvalue weighted by Gasteiger charge is 2.13. The SMILES string of the molecule is Fc1ccc(-c2noc(CCc3nc(-c4cccs4)no3)n2)cc1. The number of nitrogens with zero attached hydrogens (tertiary/aromatic N) is 4. The summed E-state index contributed by atoms with van der Waals surface area (Å²) in [6.07, 6.45) is 0.990. The van der Waals surface area contributed by atoms with Crippen LogP contribution in [0.25, 0.3) is 22.1 Å². The minimum atomic E-state index is -0.305. The van der Waals surface area contributed by atoms with Crippen molar-refractivity contribution in [3.05, 3.63) is 59.4 Å². The molecule has 0 aliphatic heterocycles. The standard InChI is InChI=1S/C16H11FN4O2S/c17-11-5-3-10(4-6-11)15-18-13(22-20-15)7-8-14-19-16(21-23-14)12-2-1-9-24-12/h1-6,9H,7-8H2. The van der Waals surface area contributed by atoms with Crippen molar-refractivity contribution in [2.75, 3.05) is 0 Å². The third-order valence-corrected chi connectivity index (χ3v) is 4.20. The van der Waals surface area contributed by atoms with Crippen LogP contribution < -0.4 is 0 Å². The predicted octanol–water partition coefficient (Wildman–Crippen LogP) is 3.77. The summed E-state index contributed by atoms with van der Waals surface area (Å²) in [4.78, 5) is 9.60. The maximum Gasteiger partial charge on any atom is 0.227 e. The molecule has 24 heavy (non-hydrogen) atoms. The molecule has 0 N–H and O–H groups in total. The Morgan fingerprint density at radius 3 is 2.21 bits per heavy atom. The molecule has 0 radical (unpaired) electrons. The van der Waals surface area contributed by atoms with E-state index in [1.165, 1.54) is 12.1 Å². The zero-order valence-electron chi connectivity index (χ0n) is 12.3. The van der Waals surface area contributed by atoms with Crippen LogP contribution in [0.4, 0.5) is 4.39 Å². The molecule has 0 bridgehead atoms. The Labute approximate surface area is 140 Å². The Hall–Kier alpha value is -2.87. The summed E-state index contributed by atoms with van der Waals surface area (Å²) in [5.41, 5.74) is 0.698. The Balaban J connectivity index is 1.42. The highest BCUT2D eigenvalue weighted by atomic mass is 32.1. The molecule has 0 fully saturated rings. The molecule has 0 amide bonds. The molecule has 0 atom stereocenters. The minimum absolute atomic E-state index is 0.305. The summed E-state index contributed by atoms with van der Waals surface area (Å²) in [7, 11) is 0. The van der Waals surface area contributed by atoms with Crippen LogP contribution in [0.1, 0.15) is 11.8 Å². The molecule has 3 aromatic heterocycles. The molecule has 4 rings (SSSR count). The third kappa shape index (κ3) is 3.09. The number of rotatable bonds is 5. The molecule has 4 aromatic rings. The summed E-state index contributed by atoms with van der Waals surface area (Å²) in [5.74, 6) is 1.68. The van der Waals surface area contributed by atoms with E-state index in [0.717, 1.165) is 4.88 Å². The average Bonchev–Trinajstić information content (AvgIpc) is 3.34. The maximum absolute atomic E-state index is 12.9. The predicted molar refractivity (Wildman–Crippen MR) is 84.7 cm³/mol. The summed E-state index contributed by atoms with van der Waals surface area (Å²) < 4.78 is 23.4. The van der Waals surface area contributed by atoms with Gasteiger partial charge in [-0.15, -0.1) is 11.3 Å². The minimum Gasteiger partial charge on any atom is -0.339 e. The van der Waals surface area contributed by atoms with Crippen LogP contribution in [0.5, 0.6) is 0 Å². The van der Waals surface area contributed by atoms with Crippen molar-refractivity contribution in [1.29, 1.82) is 0 Å². The van der Waals surface area contributed by atoms with Gasteiger partial charge >= 0.3 is 0 Å². The van der Waals surface area contributed by atoms with E-state index in [9.17, 15) is 4.39 Å². The summed E-state index contributed by atoms with van der Waals surface area (Å²) >= 11 is 1.55. The smallest absolute Gasteiger partial charge is 0.227 e. The van der Waals surface area contributed by atoms with Crippen molar-refractivity contribution in [3.8, 4) is 22.1 Å². The highest BCUT2D eigenvalue weighted by molar-refractivity contribution is 7.13. The van der Waals surface area contributed by atoms with E-state index >= 15 is 0 Å². The first-order chi connectivity index (χ1) is 11.8. The van der Waals surface area contributed by atoms with Gasteiger partial charge in [-0.3, -0.25) is 0 Å². The fourth-order valence-electron chi connectivity index (χ4n) is 2.15. The normalized spacial score (nSPS) is 11.0. The van der Waals surface area contributed by atoms with E-state index in [4.69, 9.17) is 9.05 Å². The molecule has 0 saturated heterocycles. The number of hydrogen-bond donors (Lipinski definition) is 0. The summed E-state index contributed by atoms with van der Waals surface area (Å²) in [5, 5.41) is 9.81. The van der Waals surface area contributed by atoms with E-state index in [2.05, 4.69) is 20.3 Å².